The molecule has 0 aliphatic carbocycles. The largest absolute Gasteiger partial charge is 0.481 e. The number of carboxylic acids is 2. The van der Waals surface area contributed by atoms with Crippen LogP contribution in [0.2, 0.25) is 0 Å². The van der Waals surface area contributed by atoms with Crippen molar-refractivity contribution >= 4 is 11.9 Å². The molecule has 0 radical (unpaired) electrons. The molecule has 7 heteroatoms. The molecule has 7 nitrogen and oxygen atoms in total. The van der Waals surface area contributed by atoms with Crippen LogP contribution in [0.1, 0.15) is 78.1 Å². The fraction of sp³-hybridized carbons (Fsp3) is 0.875. The highest BCUT2D eigenvalue weighted by Gasteiger charge is 1.99. The van der Waals surface area contributed by atoms with Crippen molar-refractivity contribution in [2.24, 2.45) is 0 Å². The summed E-state index contributed by atoms with van der Waals surface area (Å²) in [4.78, 5) is 19.8. The molecular weight excluding hydrogens is 304 g/mol. The maximum atomic E-state index is 9.90. The molecule has 0 fully saturated rings. The van der Waals surface area contributed by atoms with Gasteiger partial charge in [0.15, 0.2) is 6.29 Å². The molecule has 23 heavy (non-hydrogen) atoms. The van der Waals surface area contributed by atoms with Crippen molar-refractivity contribution in [1.82, 2.24) is 0 Å². The van der Waals surface area contributed by atoms with Crippen molar-refractivity contribution < 1.29 is 35.1 Å². The molecule has 0 bridgehead atoms. The van der Waals surface area contributed by atoms with E-state index in [4.69, 9.17) is 25.5 Å². The fourth-order valence-electron chi connectivity index (χ4n) is 1.35. The van der Waals surface area contributed by atoms with Crippen LogP contribution in [0.15, 0.2) is 0 Å². The van der Waals surface area contributed by atoms with Gasteiger partial charge in [-0.25, -0.2) is 0 Å². The molecule has 140 valence electrons. The van der Waals surface area contributed by atoms with E-state index in [-0.39, 0.29) is 12.8 Å². The molecule has 0 aliphatic rings. The van der Waals surface area contributed by atoms with E-state index in [0.717, 1.165) is 12.8 Å². The van der Waals surface area contributed by atoms with Gasteiger partial charge in [-0.15, -0.1) is 0 Å². The predicted octanol–water partition coefficient (Wildman–Crippen LogP) is 2.37. The second kappa shape index (κ2) is 23.1. The smallest absolute Gasteiger partial charge is 0.303 e. The molecule has 5 N–H and O–H groups in total. The zero-order valence-corrected chi connectivity index (χ0v) is 14.4. The fourth-order valence-corrected chi connectivity index (χ4v) is 1.35. The minimum absolute atomic E-state index is 0.0628. The first-order valence-corrected chi connectivity index (χ1v) is 8.22. The highest BCUT2D eigenvalue weighted by atomic mass is 16.5. The number of aliphatic carboxylic acids is 2. The number of unbranched alkanes of at least 4 members (excludes halogenated alkanes) is 4. The molecular formula is C16H34O7. The summed E-state index contributed by atoms with van der Waals surface area (Å²) in [5, 5.41) is 40.8. The number of rotatable bonds is 11. The third-order valence-electron chi connectivity index (χ3n) is 2.59. The Labute approximate surface area is 139 Å². The maximum Gasteiger partial charge on any atom is 0.303 e. The van der Waals surface area contributed by atoms with Gasteiger partial charge in [0, 0.05) is 19.4 Å². The quantitative estimate of drug-likeness (QED) is 0.288. The van der Waals surface area contributed by atoms with E-state index in [1.165, 1.54) is 19.3 Å². The monoisotopic (exact) mass is 338 g/mol. The Hall–Kier alpha value is -1.18. The molecule has 0 aromatic carbocycles. The molecule has 0 heterocycles. The molecule has 0 saturated heterocycles. The molecule has 0 saturated carbocycles. The second-order valence-electron chi connectivity index (χ2n) is 5.05. The van der Waals surface area contributed by atoms with Crippen molar-refractivity contribution in [2.75, 3.05) is 6.61 Å². The van der Waals surface area contributed by atoms with Crippen molar-refractivity contribution in [3.8, 4) is 0 Å². The van der Waals surface area contributed by atoms with E-state index in [2.05, 4.69) is 6.92 Å². The molecule has 0 amide bonds. The first kappa shape index (κ1) is 26.7. The summed E-state index contributed by atoms with van der Waals surface area (Å²) in [6.45, 7) is 4.43. The lowest BCUT2D eigenvalue weighted by molar-refractivity contribution is -0.139. The van der Waals surface area contributed by atoms with Crippen LogP contribution in [0.25, 0.3) is 0 Å². The lowest BCUT2D eigenvalue weighted by atomic mass is 10.2. The van der Waals surface area contributed by atoms with Crippen molar-refractivity contribution in [3.63, 3.8) is 0 Å². The van der Waals surface area contributed by atoms with Crippen molar-refractivity contribution in [2.45, 2.75) is 84.3 Å². The van der Waals surface area contributed by atoms with Crippen molar-refractivity contribution in [1.29, 1.82) is 0 Å². The molecule has 0 aliphatic heterocycles. The third kappa shape index (κ3) is 44.9. The van der Waals surface area contributed by atoms with Crippen LogP contribution in [-0.4, -0.2) is 50.4 Å². The van der Waals surface area contributed by atoms with E-state index in [1.54, 1.807) is 0 Å². The van der Waals surface area contributed by atoms with Crippen LogP contribution in [-0.2, 0) is 9.59 Å². The second-order valence-corrected chi connectivity index (χ2v) is 5.05. The highest BCUT2D eigenvalue weighted by Crippen LogP contribution is 1.98. The van der Waals surface area contributed by atoms with E-state index < -0.39 is 18.2 Å². The van der Waals surface area contributed by atoms with E-state index >= 15 is 0 Å². The summed E-state index contributed by atoms with van der Waals surface area (Å²) in [5.74, 6) is -1.74. The number of carboxylic acid groups (broad SMARTS) is 2. The Balaban J connectivity index is -0.000000272. The molecule has 0 spiro atoms. The van der Waals surface area contributed by atoms with Gasteiger partial charge in [-0.05, 0) is 25.7 Å². The van der Waals surface area contributed by atoms with Gasteiger partial charge in [-0.3, -0.25) is 9.59 Å². The number of hydrogen-bond donors (Lipinski definition) is 5. The van der Waals surface area contributed by atoms with E-state index in [1.807, 2.05) is 6.92 Å². The SMILES string of the molecule is CCCC(O)O.CCCCCCO.O=C(O)CCCCC(=O)O. The van der Waals surface area contributed by atoms with Gasteiger partial charge in [-0.2, -0.15) is 0 Å². The van der Waals surface area contributed by atoms with Crippen molar-refractivity contribution in [3.05, 3.63) is 0 Å². The number of aliphatic hydroxyl groups is 3. The van der Waals surface area contributed by atoms with Crippen LogP contribution in [0.5, 0.6) is 0 Å². The van der Waals surface area contributed by atoms with Crippen LogP contribution in [0, 0.1) is 0 Å². The molecule has 0 rings (SSSR count). The van der Waals surface area contributed by atoms with E-state index in [9.17, 15) is 9.59 Å². The lowest BCUT2D eigenvalue weighted by Gasteiger charge is -1.94. The Bertz CT molecular complexity index is 235. The van der Waals surface area contributed by atoms with Crippen LogP contribution in [0.3, 0.4) is 0 Å². The number of aliphatic hydroxyl groups excluding tert-OH is 2. The Morgan fingerprint density at radius 2 is 1.26 bits per heavy atom. The molecule has 0 atom stereocenters. The standard InChI is InChI=1S/C6H10O4.C6H14O.C4H10O2/c7-5(8)3-1-2-4-6(9)10;1-2-3-4-5-6-7;1-2-3-4(5)6/h1-4H2,(H,7,8)(H,9,10);7H,2-6H2,1H3;4-6H,2-3H2,1H3. The van der Waals surface area contributed by atoms with E-state index in [0.29, 0.717) is 25.9 Å². The summed E-state index contributed by atoms with van der Waals surface area (Å²) in [5.41, 5.74) is 0. The predicted molar refractivity (Wildman–Crippen MR) is 88.1 cm³/mol. The average Bonchev–Trinajstić information content (AvgIpc) is 2.45. The Kier molecular flexibility index (Phi) is 26.8. The van der Waals surface area contributed by atoms with Gasteiger partial charge < -0.3 is 25.5 Å². The lowest BCUT2D eigenvalue weighted by Crippen LogP contribution is -2.01. The third-order valence-corrected chi connectivity index (χ3v) is 2.59. The molecule has 0 aromatic heterocycles. The summed E-state index contributed by atoms with van der Waals surface area (Å²) in [6, 6.07) is 0. The van der Waals surface area contributed by atoms with Crippen LogP contribution >= 0.6 is 0 Å². The molecule has 0 unspecified atom stereocenters. The van der Waals surface area contributed by atoms with Gasteiger partial charge in [-0.1, -0.05) is 39.5 Å². The number of carbonyl (C=O) groups is 2. The van der Waals surface area contributed by atoms with Gasteiger partial charge in [0.05, 0.1) is 0 Å². The van der Waals surface area contributed by atoms with Crippen LogP contribution in [0.4, 0.5) is 0 Å². The zero-order chi connectivity index (χ0) is 18.5. The van der Waals surface area contributed by atoms with Gasteiger partial charge in [0.1, 0.15) is 0 Å². The summed E-state index contributed by atoms with van der Waals surface area (Å²) in [7, 11) is 0. The minimum atomic E-state index is -1.10. The minimum Gasteiger partial charge on any atom is -0.481 e. The number of hydrogen-bond acceptors (Lipinski definition) is 5. The normalized spacial score (nSPS) is 9.48. The maximum absolute atomic E-state index is 9.90. The first-order chi connectivity index (χ1) is 10.8. The summed E-state index contributed by atoms with van der Waals surface area (Å²) >= 11 is 0. The summed E-state index contributed by atoms with van der Waals surface area (Å²) in [6.07, 6.45) is 5.91. The zero-order valence-electron chi connectivity index (χ0n) is 14.4. The molecule has 0 aromatic rings. The van der Waals surface area contributed by atoms with Gasteiger partial charge >= 0.3 is 11.9 Å². The van der Waals surface area contributed by atoms with Gasteiger partial charge in [0.2, 0.25) is 0 Å². The van der Waals surface area contributed by atoms with Crippen LogP contribution < -0.4 is 0 Å². The Morgan fingerprint density at radius 3 is 1.48 bits per heavy atom. The summed E-state index contributed by atoms with van der Waals surface area (Å²) < 4.78 is 0. The Morgan fingerprint density at radius 1 is 0.783 bits per heavy atom. The topological polar surface area (TPSA) is 135 Å². The average molecular weight is 338 g/mol. The highest BCUT2D eigenvalue weighted by molar-refractivity contribution is 5.67. The van der Waals surface area contributed by atoms with Gasteiger partial charge in [0.25, 0.3) is 0 Å². The first-order valence-electron chi connectivity index (χ1n) is 8.22.